The van der Waals surface area contributed by atoms with Crippen LogP contribution in [-0.2, 0) is 14.3 Å². The minimum atomic E-state index is -0.942. The predicted octanol–water partition coefficient (Wildman–Crippen LogP) is 10.7. The van der Waals surface area contributed by atoms with E-state index in [4.69, 9.17) is 9.84 Å². The van der Waals surface area contributed by atoms with Crippen LogP contribution in [0, 0.1) is 5.92 Å². The Morgan fingerprint density at radius 3 is 1.45 bits per heavy atom. The number of carbonyl (C=O) groups is 2. The SMILES string of the molecule is C=CCOC(=O)C(CCCCCCCCCCCCCCC/C=C/CCCCCCCCCC)CC(=O)O. The van der Waals surface area contributed by atoms with E-state index in [1.807, 2.05) is 0 Å². The molecule has 0 saturated carbocycles. The molecule has 1 N–H and O–H groups in total. The number of allylic oxidation sites excluding steroid dienone is 2. The number of unbranched alkanes of at least 4 members (excludes halogenated alkanes) is 21. The van der Waals surface area contributed by atoms with E-state index in [0.717, 1.165) is 19.3 Å². The maximum absolute atomic E-state index is 12.0. The lowest BCUT2D eigenvalue weighted by molar-refractivity contribution is -0.152. The fourth-order valence-corrected chi connectivity index (χ4v) is 5.00. The second-order valence-corrected chi connectivity index (χ2v) is 11.1. The normalized spacial score (nSPS) is 12.1. The highest BCUT2D eigenvalue weighted by Crippen LogP contribution is 2.18. The molecule has 0 spiro atoms. The summed E-state index contributed by atoms with van der Waals surface area (Å²) >= 11 is 0. The second-order valence-electron chi connectivity index (χ2n) is 11.1. The molecule has 4 heteroatoms. The maximum atomic E-state index is 12.0. The summed E-state index contributed by atoms with van der Waals surface area (Å²) in [5, 5.41) is 9.02. The van der Waals surface area contributed by atoms with Gasteiger partial charge in [-0.1, -0.05) is 154 Å². The van der Waals surface area contributed by atoms with Crippen LogP contribution in [0.4, 0.5) is 0 Å². The number of aliphatic carboxylic acids is 1. The second kappa shape index (κ2) is 30.0. The van der Waals surface area contributed by atoms with E-state index in [1.54, 1.807) is 0 Å². The van der Waals surface area contributed by atoms with Crippen LogP contribution in [0.3, 0.4) is 0 Å². The Morgan fingerprint density at radius 1 is 0.658 bits per heavy atom. The highest BCUT2D eigenvalue weighted by Gasteiger charge is 2.22. The topological polar surface area (TPSA) is 63.6 Å². The van der Waals surface area contributed by atoms with Crippen molar-refractivity contribution in [2.24, 2.45) is 5.92 Å². The van der Waals surface area contributed by atoms with Gasteiger partial charge in [-0.3, -0.25) is 9.59 Å². The first-order valence-electron chi connectivity index (χ1n) is 16.3. The lowest BCUT2D eigenvalue weighted by atomic mass is 9.97. The van der Waals surface area contributed by atoms with Crippen LogP contribution in [-0.4, -0.2) is 23.7 Å². The van der Waals surface area contributed by atoms with E-state index < -0.39 is 17.9 Å². The van der Waals surface area contributed by atoms with Gasteiger partial charge in [0.2, 0.25) is 0 Å². The average Bonchev–Trinajstić information content (AvgIpc) is 2.90. The Labute approximate surface area is 236 Å². The van der Waals surface area contributed by atoms with E-state index in [2.05, 4.69) is 25.7 Å². The fourth-order valence-electron chi connectivity index (χ4n) is 5.00. The molecule has 0 aliphatic heterocycles. The smallest absolute Gasteiger partial charge is 0.309 e. The molecule has 0 aliphatic rings. The average molecular weight is 535 g/mol. The van der Waals surface area contributed by atoms with Crippen LogP contribution < -0.4 is 0 Å². The van der Waals surface area contributed by atoms with Gasteiger partial charge in [-0.05, 0) is 32.1 Å². The summed E-state index contributed by atoms with van der Waals surface area (Å²) in [5.74, 6) is -1.88. The number of rotatable bonds is 30. The Morgan fingerprint density at radius 2 is 1.05 bits per heavy atom. The molecule has 0 aliphatic carbocycles. The first-order chi connectivity index (χ1) is 18.6. The largest absolute Gasteiger partial charge is 0.481 e. The third-order valence-corrected chi connectivity index (χ3v) is 7.41. The van der Waals surface area contributed by atoms with Gasteiger partial charge in [0.15, 0.2) is 0 Å². The molecule has 0 aromatic rings. The van der Waals surface area contributed by atoms with Gasteiger partial charge in [0.25, 0.3) is 0 Å². The van der Waals surface area contributed by atoms with Gasteiger partial charge in [0.1, 0.15) is 6.61 Å². The fraction of sp³-hybridized carbons (Fsp3) is 0.824. The van der Waals surface area contributed by atoms with Gasteiger partial charge in [0, 0.05) is 0 Å². The van der Waals surface area contributed by atoms with Crippen LogP contribution in [0.15, 0.2) is 24.8 Å². The first kappa shape index (κ1) is 36.4. The third-order valence-electron chi connectivity index (χ3n) is 7.41. The summed E-state index contributed by atoms with van der Waals surface area (Å²) in [6.45, 7) is 5.95. The molecule has 0 rings (SSSR count). The predicted molar refractivity (Wildman–Crippen MR) is 163 cm³/mol. The van der Waals surface area contributed by atoms with Gasteiger partial charge >= 0.3 is 11.9 Å². The maximum Gasteiger partial charge on any atom is 0.309 e. The molecule has 0 bridgehead atoms. The van der Waals surface area contributed by atoms with Crippen molar-refractivity contribution in [3.05, 3.63) is 24.8 Å². The highest BCUT2D eigenvalue weighted by molar-refractivity contribution is 5.79. The Kier molecular flexibility index (Phi) is 28.7. The number of hydrogen-bond acceptors (Lipinski definition) is 3. The van der Waals surface area contributed by atoms with Gasteiger partial charge in [-0.2, -0.15) is 0 Å². The van der Waals surface area contributed by atoms with Crippen LogP contribution in [0.5, 0.6) is 0 Å². The number of hydrogen-bond donors (Lipinski definition) is 1. The highest BCUT2D eigenvalue weighted by atomic mass is 16.5. The number of carboxylic acid groups (broad SMARTS) is 1. The molecule has 0 heterocycles. The van der Waals surface area contributed by atoms with Crippen LogP contribution in [0.2, 0.25) is 0 Å². The zero-order valence-electron chi connectivity index (χ0n) is 25.1. The van der Waals surface area contributed by atoms with Crippen molar-refractivity contribution in [1.29, 1.82) is 0 Å². The van der Waals surface area contributed by atoms with Crippen LogP contribution >= 0.6 is 0 Å². The van der Waals surface area contributed by atoms with Gasteiger partial charge in [0.05, 0.1) is 12.3 Å². The van der Waals surface area contributed by atoms with Crippen molar-refractivity contribution in [2.75, 3.05) is 6.61 Å². The van der Waals surface area contributed by atoms with E-state index >= 15 is 0 Å². The number of carboxylic acids is 1. The number of carbonyl (C=O) groups excluding carboxylic acids is 1. The zero-order chi connectivity index (χ0) is 27.9. The van der Waals surface area contributed by atoms with Crippen LogP contribution in [0.25, 0.3) is 0 Å². The first-order valence-corrected chi connectivity index (χ1v) is 16.3. The molecule has 1 unspecified atom stereocenters. The molecule has 0 fully saturated rings. The monoisotopic (exact) mass is 534 g/mol. The van der Waals surface area contributed by atoms with Crippen molar-refractivity contribution < 1.29 is 19.4 Å². The van der Waals surface area contributed by atoms with Crippen molar-refractivity contribution in [2.45, 2.75) is 167 Å². The standard InChI is InChI=1S/C34H62O4/c1-3-5-6-7-8-9-10-11-12-13-14-15-16-17-18-19-20-21-22-23-24-25-26-27-28-29-32(31-33(35)36)34(37)38-30-4-2/h4,13-14,32H,2-3,5-12,15-31H2,1H3,(H,35,36)/b14-13+. The summed E-state index contributed by atoms with van der Waals surface area (Å²) in [6, 6.07) is 0. The van der Waals surface area contributed by atoms with E-state index in [0.29, 0.717) is 6.42 Å². The minimum absolute atomic E-state index is 0.145. The van der Waals surface area contributed by atoms with Crippen molar-refractivity contribution in [3.8, 4) is 0 Å². The summed E-state index contributed by atoms with van der Waals surface area (Å²) in [4.78, 5) is 23.0. The van der Waals surface area contributed by atoms with Crippen molar-refractivity contribution in [3.63, 3.8) is 0 Å². The summed E-state index contributed by atoms with van der Waals surface area (Å²) in [7, 11) is 0. The zero-order valence-corrected chi connectivity index (χ0v) is 25.1. The van der Waals surface area contributed by atoms with Gasteiger partial charge < -0.3 is 9.84 Å². The molecule has 38 heavy (non-hydrogen) atoms. The Balaban J connectivity index is 3.37. The number of esters is 1. The van der Waals surface area contributed by atoms with Crippen molar-refractivity contribution in [1.82, 2.24) is 0 Å². The summed E-state index contributed by atoms with van der Waals surface area (Å²) in [6.07, 6.45) is 37.1. The van der Waals surface area contributed by atoms with Gasteiger partial charge in [-0.15, -0.1) is 0 Å². The molecule has 0 amide bonds. The Bertz CT molecular complexity index is 569. The van der Waals surface area contributed by atoms with E-state index in [1.165, 1.54) is 134 Å². The quantitative estimate of drug-likeness (QED) is 0.0565. The summed E-state index contributed by atoms with van der Waals surface area (Å²) in [5.41, 5.74) is 0. The van der Waals surface area contributed by atoms with Crippen LogP contribution in [0.1, 0.15) is 167 Å². The molecule has 0 saturated heterocycles. The molecule has 0 aromatic carbocycles. The van der Waals surface area contributed by atoms with Gasteiger partial charge in [-0.25, -0.2) is 0 Å². The molecule has 0 aromatic heterocycles. The lowest BCUT2D eigenvalue weighted by Crippen LogP contribution is -2.21. The molecule has 0 radical (unpaired) electrons. The van der Waals surface area contributed by atoms with Crippen molar-refractivity contribution >= 4 is 11.9 Å². The minimum Gasteiger partial charge on any atom is -0.481 e. The molecular formula is C34H62O4. The molecule has 4 nitrogen and oxygen atoms in total. The lowest BCUT2D eigenvalue weighted by Gasteiger charge is -2.13. The summed E-state index contributed by atoms with van der Waals surface area (Å²) < 4.78 is 5.04. The molecule has 222 valence electrons. The molecule has 1 atom stereocenters. The third kappa shape index (κ3) is 27.5. The number of ether oxygens (including phenoxy) is 1. The molecular weight excluding hydrogens is 472 g/mol. The Hall–Kier alpha value is -1.58. The van der Waals surface area contributed by atoms with E-state index in [9.17, 15) is 9.59 Å². The van der Waals surface area contributed by atoms with E-state index in [-0.39, 0.29) is 13.0 Å².